The lowest BCUT2D eigenvalue weighted by Crippen LogP contribution is -2.37. The van der Waals surface area contributed by atoms with Gasteiger partial charge in [0, 0.05) is 24.1 Å². The summed E-state index contributed by atoms with van der Waals surface area (Å²) in [6.07, 6.45) is -0.506. The fourth-order valence-electron chi connectivity index (χ4n) is 4.64. The molecule has 0 amide bonds. The quantitative estimate of drug-likeness (QED) is 0.230. The number of amidine groups is 1. The van der Waals surface area contributed by atoms with Crippen LogP contribution in [-0.4, -0.2) is 16.5 Å². The molecule has 1 atom stereocenters. The molecule has 0 spiro atoms. The highest BCUT2D eigenvalue weighted by Crippen LogP contribution is 2.42. The second kappa shape index (κ2) is 11.3. The fourth-order valence-corrected chi connectivity index (χ4v) is 4.82. The van der Waals surface area contributed by atoms with Gasteiger partial charge in [-0.3, -0.25) is 4.79 Å². The summed E-state index contributed by atoms with van der Waals surface area (Å²) >= 11 is 6.54. The summed E-state index contributed by atoms with van der Waals surface area (Å²) in [5.41, 5.74) is 5.76. The fraction of sp³-hybridized carbons (Fsp3) is 0.188. The molecule has 0 N–H and O–H groups in total. The molecule has 39 heavy (non-hydrogen) atoms. The third kappa shape index (κ3) is 5.81. The van der Waals surface area contributed by atoms with Crippen LogP contribution < -0.4 is 9.75 Å². The number of Topliss-reactive ketones (excluding diaryl/α,β-unsaturated/α-hetero) is 1. The summed E-state index contributed by atoms with van der Waals surface area (Å²) in [5, 5.41) is 7.25. The van der Waals surface area contributed by atoms with Crippen LogP contribution in [-0.2, 0) is 17.9 Å². The van der Waals surface area contributed by atoms with Crippen molar-refractivity contribution >= 4 is 28.9 Å². The molecule has 198 valence electrons. The molecule has 1 aliphatic heterocycles. The molecule has 1 aliphatic rings. The first-order chi connectivity index (χ1) is 18.8. The summed E-state index contributed by atoms with van der Waals surface area (Å²) in [6.45, 7) is 6.34. The number of carbonyl (C=O) groups is 1. The zero-order chi connectivity index (χ0) is 27.5. The van der Waals surface area contributed by atoms with E-state index in [0.717, 1.165) is 33.5 Å². The van der Waals surface area contributed by atoms with Gasteiger partial charge in [0.2, 0.25) is 0 Å². The zero-order valence-corrected chi connectivity index (χ0v) is 22.8. The first kappa shape index (κ1) is 26.4. The molecule has 4 aromatic rings. The van der Waals surface area contributed by atoms with Crippen molar-refractivity contribution in [3.05, 3.63) is 130 Å². The minimum Gasteiger partial charge on any atom is -0.488 e. The van der Waals surface area contributed by atoms with Crippen molar-refractivity contribution < 1.29 is 13.9 Å². The minimum atomic E-state index is -0.506. The number of rotatable bonds is 8. The number of anilines is 1. The third-order valence-corrected chi connectivity index (χ3v) is 7.06. The number of hydrogen-bond donors (Lipinski definition) is 0. The van der Waals surface area contributed by atoms with Crippen molar-refractivity contribution in [2.24, 2.45) is 5.10 Å². The Morgan fingerprint density at radius 1 is 0.923 bits per heavy atom. The number of benzene rings is 4. The number of carbonyl (C=O) groups excluding carboxylic acids is 1. The average Bonchev–Trinajstić information content (AvgIpc) is 3.30. The summed E-state index contributed by atoms with van der Waals surface area (Å²) in [4.78, 5) is 14.9. The summed E-state index contributed by atoms with van der Waals surface area (Å²) in [6, 6.07) is 27.8. The van der Waals surface area contributed by atoms with Gasteiger partial charge < -0.3 is 9.64 Å². The van der Waals surface area contributed by atoms with Crippen LogP contribution >= 0.6 is 11.6 Å². The maximum atomic E-state index is 13.4. The second-order valence-corrected chi connectivity index (χ2v) is 10.1. The highest BCUT2D eigenvalue weighted by atomic mass is 35.5. The number of halogens is 2. The summed E-state index contributed by atoms with van der Waals surface area (Å²) in [7, 11) is 0. The largest absolute Gasteiger partial charge is 0.488 e. The second-order valence-electron chi connectivity index (χ2n) is 9.68. The van der Waals surface area contributed by atoms with Crippen LogP contribution in [0.15, 0.2) is 96.1 Å². The molecule has 0 fully saturated rings. The molecule has 0 bridgehead atoms. The Hall–Kier alpha value is -4.16. The van der Waals surface area contributed by atoms with E-state index in [1.54, 1.807) is 18.2 Å². The monoisotopic (exact) mass is 541 g/mol. The molecule has 0 aliphatic carbocycles. The highest BCUT2D eigenvalue weighted by Gasteiger charge is 2.40. The van der Waals surface area contributed by atoms with Gasteiger partial charge in [0.1, 0.15) is 18.2 Å². The molecule has 5 nitrogen and oxygen atoms in total. The van der Waals surface area contributed by atoms with E-state index in [0.29, 0.717) is 23.2 Å². The molecule has 0 unspecified atom stereocenters. The summed E-state index contributed by atoms with van der Waals surface area (Å²) in [5.74, 6) is 0.511. The Kier molecular flexibility index (Phi) is 7.66. The maximum Gasteiger partial charge on any atom is 0.196 e. The molecule has 5 rings (SSSR count). The van der Waals surface area contributed by atoms with Gasteiger partial charge in [-0.2, -0.15) is 0 Å². The third-order valence-electron chi connectivity index (χ3n) is 6.82. The highest BCUT2D eigenvalue weighted by molar-refractivity contribution is 6.38. The lowest BCUT2D eigenvalue weighted by Gasteiger charge is -2.33. The van der Waals surface area contributed by atoms with Crippen LogP contribution in [0.3, 0.4) is 0 Å². The Morgan fingerprint density at radius 2 is 1.67 bits per heavy atom. The summed E-state index contributed by atoms with van der Waals surface area (Å²) < 4.78 is 19.7. The lowest BCUT2D eigenvalue weighted by atomic mass is 10.1. The van der Waals surface area contributed by atoms with Crippen LogP contribution in [0.4, 0.5) is 10.1 Å². The normalized spacial score (nSPS) is 14.9. The number of aryl methyl sites for hydroxylation is 2. The number of ether oxygens (including phenoxy) is 1. The molecule has 0 radical (unpaired) electrons. The van der Waals surface area contributed by atoms with Crippen LogP contribution in [0, 0.1) is 19.7 Å². The van der Waals surface area contributed by atoms with Crippen molar-refractivity contribution in [1.29, 1.82) is 0 Å². The predicted molar refractivity (Wildman–Crippen MR) is 153 cm³/mol. The molecule has 4 aromatic carbocycles. The Labute approximate surface area is 233 Å². The Bertz CT molecular complexity index is 1520. The van der Waals surface area contributed by atoms with Crippen molar-refractivity contribution in [2.75, 3.05) is 5.01 Å². The van der Waals surface area contributed by atoms with E-state index in [4.69, 9.17) is 21.4 Å². The SMILES string of the molecule is CC(=O)C1=NN(c2ccc(C)c(C)c2)[C@H](c2cc(Cl)ccc2OCc2ccc(F)cc2)N1Cc1ccccc1. The van der Waals surface area contributed by atoms with Gasteiger partial charge in [0.15, 0.2) is 17.8 Å². The van der Waals surface area contributed by atoms with Crippen molar-refractivity contribution in [1.82, 2.24) is 4.90 Å². The number of hydrogen-bond acceptors (Lipinski definition) is 5. The Balaban J connectivity index is 1.61. The average molecular weight is 542 g/mol. The van der Waals surface area contributed by atoms with E-state index in [2.05, 4.69) is 26.0 Å². The van der Waals surface area contributed by atoms with E-state index in [1.807, 2.05) is 58.4 Å². The standard InChI is InChI=1S/C32H29ClFN3O2/c1-21-9-15-28(17-22(21)2)37-32(36(31(35-37)23(3)38)19-24-7-5-4-6-8-24)29-18-26(33)12-16-30(29)39-20-25-10-13-27(34)14-11-25/h4-18,32H,19-20H2,1-3H3/t32-/m1/s1. The number of nitrogens with zero attached hydrogens (tertiary/aromatic N) is 3. The van der Waals surface area contributed by atoms with Gasteiger partial charge in [-0.15, -0.1) is 5.10 Å². The van der Waals surface area contributed by atoms with E-state index in [1.165, 1.54) is 19.1 Å². The van der Waals surface area contributed by atoms with Crippen molar-refractivity contribution in [2.45, 2.75) is 40.1 Å². The molecule has 1 heterocycles. The zero-order valence-electron chi connectivity index (χ0n) is 22.1. The Morgan fingerprint density at radius 3 is 2.36 bits per heavy atom. The maximum absolute atomic E-state index is 13.4. The van der Waals surface area contributed by atoms with Crippen molar-refractivity contribution in [3.63, 3.8) is 0 Å². The van der Waals surface area contributed by atoms with Crippen molar-refractivity contribution in [3.8, 4) is 5.75 Å². The molecular weight excluding hydrogens is 513 g/mol. The number of ketones is 1. The molecular formula is C32H29ClFN3O2. The van der Waals surface area contributed by atoms with Crippen LogP contribution in [0.5, 0.6) is 5.75 Å². The molecule has 0 saturated heterocycles. The topological polar surface area (TPSA) is 45.1 Å². The van der Waals surface area contributed by atoms with Gasteiger partial charge in [0.25, 0.3) is 0 Å². The van der Waals surface area contributed by atoms with E-state index in [9.17, 15) is 9.18 Å². The smallest absolute Gasteiger partial charge is 0.196 e. The predicted octanol–water partition coefficient (Wildman–Crippen LogP) is 7.60. The van der Waals surface area contributed by atoms with Crippen LogP contribution in [0.1, 0.15) is 40.9 Å². The molecule has 0 saturated carbocycles. The number of hydrazone groups is 1. The molecule has 0 aromatic heterocycles. The van der Waals surface area contributed by atoms with Crippen LogP contribution in [0.25, 0.3) is 0 Å². The minimum absolute atomic E-state index is 0.141. The lowest BCUT2D eigenvalue weighted by molar-refractivity contribution is -0.111. The first-order valence-corrected chi connectivity index (χ1v) is 13.1. The van der Waals surface area contributed by atoms with E-state index >= 15 is 0 Å². The van der Waals surface area contributed by atoms with Crippen LogP contribution in [0.2, 0.25) is 5.02 Å². The van der Waals surface area contributed by atoms with Gasteiger partial charge in [0.05, 0.1) is 5.69 Å². The van der Waals surface area contributed by atoms with E-state index < -0.39 is 6.17 Å². The van der Waals surface area contributed by atoms with Gasteiger partial charge in [-0.1, -0.05) is 60.1 Å². The van der Waals surface area contributed by atoms with Gasteiger partial charge in [-0.25, -0.2) is 9.40 Å². The van der Waals surface area contributed by atoms with Gasteiger partial charge >= 0.3 is 0 Å². The van der Waals surface area contributed by atoms with E-state index in [-0.39, 0.29) is 18.2 Å². The van der Waals surface area contributed by atoms with Gasteiger partial charge in [-0.05, 0) is 78.6 Å². The first-order valence-electron chi connectivity index (χ1n) is 12.7. The molecule has 7 heteroatoms.